The summed E-state index contributed by atoms with van der Waals surface area (Å²) in [7, 11) is 0. The average Bonchev–Trinajstić information content (AvgIpc) is 3.06. The molecule has 7 nitrogen and oxygen atoms in total. The number of carbonyl (C=O) groups is 1. The Morgan fingerprint density at radius 3 is 2.58 bits per heavy atom. The van der Waals surface area contributed by atoms with Crippen molar-refractivity contribution in [3.05, 3.63) is 47.3 Å². The molecule has 10 heteroatoms. The van der Waals surface area contributed by atoms with E-state index in [1.54, 1.807) is 11.0 Å². The Bertz CT molecular complexity index is 1020. The molecule has 1 saturated heterocycles. The molecule has 1 fully saturated rings. The number of rotatable bonds is 8. The molecule has 0 spiro atoms. The maximum absolute atomic E-state index is 12.9. The molecular weight excluding hydrogens is 471 g/mol. The SMILES string of the molecule is CCCCCN1CCN(c2ncc3c(n2)CCN(C(=O)Cc2cccc(OC(F)(F)F)c2)CC3)CC1. The first-order chi connectivity index (χ1) is 17.3. The number of hydrogen-bond acceptors (Lipinski definition) is 6. The lowest BCUT2D eigenvalue weighted by molar-refractivity contribution is -0.274. The molecule has 0 unspecified atom stereocenters. The molecule has 0 saturated carbocycles. The predicted molar refractivity (Wildman–Crippen MR) is 131 cm³/mol. The summed E-state index contributed by atoms with van der Waals surface area (Å²) in [5.41, 5.74) is 2.51. The molecule has 2 aliphatic rings. The van der Waals surface area contributed by atoms with Crippen LogP contribution < -0.4 is 9.64 Å². The second kappa shape index (κ2) is 11.9. The Balaban J connectivity index is 1.31. The highest BCUT2D eigenvalue weighted by atomic mass is 19.4. The Morgan fingerprint density at radius 1 is 1.06 bits per heavy atom. The number of ether oxygens (including phenoxy) is 1. The van der Waals surface area contributed by atoms with E-state index in [0.29, 0.717) is 31.5 Å². The fraction of sp³-hybridized carbons (Fsp3) is 0.577. The summed E-state index contributed by atoms with van der Waals surface area (Å²) in [6.45, 7) is 8.27. The zero-order valence-electron chi connectivity index (χ0n) is 20.8. The normalized spacial score (nSPS) is 17.0. The number of aromatic nitrogens is 2. The third-order valence-corrected chi connectivity index (χ3v) is 6.78. The minimum Gasteiger partial charge on any atom is -0.406 e. The van der Waals surface area contributed by atoms with E-state index in [1.807, 2.05) is 6.20 Å². The number of hydrogen-bond donors (Lipinski definition) is 0. The average molecular weight is 506 g/mol. The van der Waals surface area contributed by atoms with Crippen LogP contribution in [0.25, 0.3) is 0 Å². The lowest BCUT2D eigenvalue weighted by atomic mass is 10.1. The van der Waals surface area contributed by atoms with E-state index >= 15 is 0 Å². The summed E-state index contributed by atoms with van der Waals surface area (Å²) < 4.78 is 41.5. The maximum Gasteiger partial charge on any atom is 0.573 e. The van der Waals surface area contributed by atoms with Gasteiger partial charge in [0.2, 0.25) is 11.9 Å². The topological polar surface area (TPSA) is 61.8 Å². The Labute approximate surface area is 210 Å². The molecule has 2 aromatic rings. The van der Waals surface area contributed by atoms with Crippen molar-refractivity contribution in [2.24, 2.45) is 0 Å². The molecule has 1 aromatic carbocycles. The molecule has 2 aliphatic heterocycles. The van der Waals surface area contributed by atoms with Crippen LogP contribution in [0, 0.1) is 0 Å². The standard InChI is InChI=1S/C26H34F3N5O2/c1-2-3-4-10-32-13-15-34(16-14-32)25-30-19-21-8-11-33(12-9-23(21)31-25)24(35)18-20-6-5-7-22(17-20)36-26(27,28)29/h5-7,17,19H,2-4,8-16,18H2,1H3. The van der Waals surface area contributed by atoms with Crippen molar-refractivity contribution in [3.63, 3.8) is 0 Å². The number of anilines is 1. The number of nitrogens with zero attached hydrogens (tertiary/aromatic N) is 5. The number of halogens is 3. The first-order valence-corrected chi connectivity index (χ1v) is 12.8. The van der Waals surface area contributed by atoms with Gasteiger partial charge in [-0.05, 0) is 42.6 Å². The van der Waals surface area contributed by atoms with Gasteiger partial charge in [-0.1, -0.05) is 31.9 Å². The minimum atomic E-state index is -4.76. The molecule has 0 N–H and O–H groups in total. The smallest absolute Gasteiger partial charge is 0.406 e. The third-order valence-electron chi connectivity index (χ3n) is 6.78. The quantitative estimate of drug-likeness (QED) is 0.508. The highest BCUT2D eigenvalue weighted by molar-refractivity contribution is 5.79. The van der Waals surface area contributed by atoms with Crippen LogP contribution in [0.2, 0.25) is 0 Å². The number of piperazine rings is 1. The molecule has 3 heterocycles. The van der Waals surface area contributed by atoms with Crippen LogP contribution in [0.5, 0.6) is 5.75 Å². The lowest BCUT2D eigenvalue weighted by Gasteiger charge is -2.34. The van der Waals surface area contributed by atoms with Gasteiger partial charge in [0.25, 0.3) is 0 Å². The van der Waals surface area contributed by atoms with Crippen molar-refractivity contribution in [1.82, 2.24) is 19.8 Å². The molecule has 1 amide bonds. The number of unbranched alkanes of at least 4 members (excludes halogenated alkanes) is 2. The largest absolute Gasteiger partial charge is 0.573 e. The van der Waals surface area contributed by atoms with Gasteiger partial charge < -0.3 is 14.5 Å². The van der Waals surface area contributed by atoms with Crippen LogP contribution in [0.3, 0.4) is 0 Å². The van der Waals surface area contributed by atoms with Gasteiger partial charge in [-0.3, -0.25) is 9.69 Å². The highest BCUT2D eigenvalue weighted by Gasteiger charge is 2.31. The zero-order chi connectivity index (χ0) is 25.5. The first-order valence-electron chi connectivity index (χ1n) is 12.8. The first kappa shape index (κ1) is 26.2. The Morgan fingerprint density at radius 2 is 1.83 bits per heavy atom. The van der Waals surface area contributed by atoms with Crippen LogP contribution in [0.15, 0.2) is 30.5 Å². The van der Waals surface area contributed by atoms with Gasteiger partial charge in [-0.2, -0.15) is 0 Å². The summed E-state index contributed by atoms with van der Waals surface area (Å²) in [5, 5.41) is 0. The van der Waals surface area contributed by atoms with Crippen molar-refractivity contribution in [2.75, 3.05) is 50.7 Å². The van der Waals surface area contributed by atoms with Crippen LogP contribution >= 0.6 is 0 Å². The minimum absolute atomic E-state index is 0.0187. The van der Waals surface area contributed by atoms with Crippen molar-refractivity contribution in [2.45, 2.75) is 51.8 Å². The van der Waals surface area contributed by atoms with Crippen LogP contribution in [-0.4, -0.2) is 77.9 Å². The molecule has 196 valence electrons. The predicted octanol–water partition coefficient (Wildman–Crippen LogP) is 3.86. The van der Waals surface area contributed by atoms with Gasteiger partial charge in [-0.15, -0.1) is 13.2 Å². The van der Waals surface area contributed by atoms with Gasteiger partial charge in [-0.25, -0.2) is 9.97 Å². The van der Waals surface area contributed by atoms with Crippen molar-refractivity contribution in [3.8, 4) is 5.75 Å². The van der Waals surface area contributed by atoms with Crippen LogP contribution in [0.1, 0.15) is 43.0 Å². The van der Waals surface area contributed by atoms with E-state index < -0.39 is 6.36 Å². The molecule has 36 heavy (non-hydrogen) atoms. The zero-order valence-corrected chi connectivity index (χ0v) is 20.8. The molecule has 0 atom stereocenters. The van der Waals surface area contributed by atoms with E-state index in [4.69, 9.17) is 4.98 Å². The summed E-state index contributed by atoms with van der Waals surface area (Å²) >= 11 is 0. The third kappa shape index (κ3) is 7.32. The second-order valence-corrected chi connectivity index (χ2v) is 9.43. The van der Waals surface area contributed by atoms with Crippen molar-refractivity contribution >= 4 is 11.9 Å². The number of benzene rings is 1. The molecule has 1 aromatic heterocycles. The molecule has 0 bridgehead atoms. The maximum atomic E-state index is 12.9. The van der Waals surface area contributed by atoms with E-state index in [0.717, 1.165) is 49.9 Å². The van der Waals surface area contributed by atoms with Gasteiger partial charge in [0.1, 0.15) is 5.75 Å². The number of carbonyl (C=O) groups excluding carboxylic acids is 1. The van der Waals surface area contributed by atoms with Gasteiger partial charge >= 0.3 is 6.36 Å². The lowest BCUT2D eigenvalue weighted by Crippen LogP contribution is -2.47. The Kier molecular flexibility index (Phi) is 8.66. The monoisotopic (exact) mass is 505 g/mol. The van der Waals surface area contributed by atoms with Crippen molar-refractivity contribution < 1.29 is 22.7 Å². The van der Waals surface area contributed by atoms with Crippen LogP contribution in [0.4, 0.5) is 19.1 Å². The summed E-state index contributed by atoms with van der Waals surface area (Å²) in [4.78, 5) is 28.9. The number of fused-ring (bicyclic) bond motifs is 1. The molecule has 0 aliphatic carbocycles. The highest BCUT2D eigenvalue weighted by Crippen LogP contribution is 2.24. The summed E-state index contributed by atoms with van der Waals surface area (Å²) in [6, 6.07) is 5.59. The van der Waals surface area contributed by atoms with E-state index in [1.165, 1.54) is 37.5 Å². The molecule has 4 rings (SSSR count). The van der Waals surface area contributed by atoms with Crippen LogP contribution in [-0.2, 0) is 24.1 Å². The summed E-state index contributed by atoms with van der Waals surface area (Å²) in [6.07, 6.45) is 2.17. The van der Waals surface area contributed by atoms with Gasteiger partial charge in [0.15, 0.2) is 0 Å². The fourth-order valence-electron chi connectivity index (χ4n) is 4.76. The fourth-order valence-corrected chi connectivity index (χ4v) is 4.76. The van der Waals surface area contributed by atoms with E-state index in [2.05, 4.69) is 26.4 Å². The number of amides is 1. The second-order valence-electron chi connectivity index (χ2n) is 9.43. The molecular formula is C26H34F3N5O2. The van der Waals surface area contributed by atoms with E-state index in [9.17, 15) is 18.0 Å². The Hall–Kier alpha value is -2.88. The van der Waals surface area contributed by atoms with E-state index in [-0.39, 0.29) is 18.1 Å². The van der Waals surface area contributed by atoms with Gasteiger partial charge in [0.05, 0.1) is 12.1 Å². The number of alkyl halides is 3. The van der Waals surface area contributed by atoms with Gasteiger partial charge in [0, 0.05) is 51.9 Å². The summed E-state index contributed by atoms with van der Waals surface area (Å²) in [5.74, 6) is 0.309. The van der Waals surface area contributed by atoms with Crippen molar-refractivity contribution in [1.29, 1.82) is 0 Å². The molecule has 0 radical (unpaired) electrons.